The largest absolute Gasteiger partial charge is 0.339 e. The molecule has 5 rings (SSSR count). The maximum absolute atomic E-state index is 13.0. The molecule has 3 aromatic rings. The van der Waals surface area contributed by atoms with Crippen molar-refractivity contribution in [1.29, 1.82) is 0 Å². The van der Waals surface area contributed by atoms with E-state index in [-0.39, 0.29) is 41.2 Å². The van der Waals surface area contributed by atoms with Gasteiger partial charge in [0.05, 0.1) is 21.6 Å². The number of nitrogens with zero attached hydrogens (tertiary/aromatic N) is 4. The number of thioether (sulfide) groups is 1. The number of aromatic nitrogens is 2. The summed E-state index contributed by atoms with van der Waals surface area (Å²) in [5.74, 6) is 0.0738. The number of hydrogen-bond donors (Lipinski definition) is 0. The molecule has 2 fully saturated rings. The highest BCUT2D eigenvalue weighted by molar-refractivity contribution is 7.99. The van der Waals surface area contributed by atoms with Crippen LogP contribution in [0.1, 0.15) is 18.9 Å². The third-order valence-corrected chi connectivity index (χ3v) is 8.83. The first-order valence-corrected chi connectivity index (χ1v) is 13.3. The lowest BCUT2D eigenvalue weighted by atomic mass is 10.2. The standard InChI is InChI=1S/C23H24N4O4S2/c28-21(25-12-14-26(15-13-25)33(30,31)18-6-2-1-3-7-18)16-32-23-24-20-9-5-4-8-19(20)22(29)27(23)17-10-11-17/h1-9,17H,10-16H2. The van der Waals surface area contributed by atoms with E-state index in [0.29, 0.717) is 29.1 Å². The lowest BCUT2D eigenvalue weighted by Gasteiger charge is -2.34. The summed E-state index contributed by atoms with van der Waals surface area (Å²) in [5, 5.41) is 1.16. The third kappa shape index (κ3) is 4.42. The van der Waals surface area contributed by atoms with Crippen molar-refractivity contribution in [1.82, 2.24) is 18.8 Å². The monoisotopic (exact) mass is 484 g/mol. The highest BCUT2D eigenvalue weighted by Gasteiger charge is 2.31. The molecule has 0 atom stereocenters. The molecule has 1 aromatic heterocycles. The molecular formula is C23H24N4O4S2. The fourth-order valence-corrected chi connectivity index (χ4v) is 6.43. The number of amides is 1. The van der Waals surface area contributed by atoms with Crippen LogP contribution in [-0.2, 0) is 14.8 Å². The predicted molar refractivity (Wildman–Crippen MR) is 127 cm³/mol. The number of piperazine rings is 1. The molecule has 1 amide bonds. The van der Waals surface area contributed by atoms with E-state index in [1.54, 1.807) is 45.9 Å². The highest BCUT2D eigenvalue weighted by Crippen LogP contribution is 2.36. The van der Waals surface area contributed by atoms with Crippen molar-refractivity contribution >= 4 is 38.6 Å². The molecule has 33 heavy (non-hydrogen) atoms. The predicted octanol–water partition coefficient (Wildman–Crippen LogP) is 2.36. The Labute approximate surface area is 196 Å². The summed E-state index contributed by atoms with van der Waals surface area (Å²) in [6, 6.07) is 15.8. The molecule has 2 aliphatic rings. The number of carbonyl (C=O) groups excluding carboxylic acids is 1. The van der Waals surface area contributed by atoms with Crippen LogP contribution in [-0.4, -0.2) is 65.0 Å². The molecule has 10 heteroatoms. The fourth-order valence-electron chi connectivity index (χ4n) is 4.02. The van der Waals surface area contributed by atoms with Crippen LogP contribution in [0.4, 0.5) is 0 Å². The minimum absolute atomic E-state index is 0.0576. The Hall–Kier alpha value is -2.69. The first-order valence-electron chi connectivity index (χ1n) is 10.9. The van der Waals surface area contributed by atoms with E-state index < -0.39 is 10.0 Å². The number of benzene rings is 2. The minimum Gasteiger partial charge on any atom is -0.339 e. The van der Waals surface area contributed by atoms with E-state index in [0.717, 1.165) is 12.8 Å². The zero-order valence-corrected chi connectivity index (χ0v) is 19.6. The quantitative estimate of drug-likeness (QED) is 0.394. The van der Waals surface area contributed by atoms with Gasteiger partial charge in [-0.25, -0.2) is 13.4 Å². The van der Waals surface area contributed by atoms with Crippen molar-refractivity contribution < 1.29 is 13.2 Å². The second-order valence-corrected chi connectivity index (χ2v) is 11.1. The van der Waals surface area contributed by atoms with Crippen molar-refractivity contribution in [2.24, 2.45) is 0 Å². The molecule has 1 saturated carbocycles. The Morgan fingerprint density at radius 2 is 1.64 bits per heavy atom. The number of rotatable bonds is 6. The second-order valence-electron chi connectivity index (χ2n) is 8.20. The van der Waals surface area contributed by atoms with E-state index >= 15 is 0 Å². The molecule has 0 bridgehead atoms. The van der Waals surface area contributed by atoms with Gasteiger partial charge in [0.2, 0.25) is 15.9 Å². The molecule has 1 aliphatic carbocycles. The maximum atomic E-state index is 13.0. The van der Waals surface area contributed by atoms with Crippen LogP contribution in [0.25, 0.3) is 10.9 Å². The van der Waals surface area contributed by atoms with Crippen LogP contribution in [0.3, 0.4) is 0 Å². The SMILES string of the molecule is O=C(CSc1nc2ccccc2c(=O)n1C1CC1)N1CCN(S(=O)(=O)c2ccccc2)CC1. The molecular weight excluding hydrogens is 460 g/mol. The summed E-state index contributed by atoms with van der Waals surface area (Å²) in [6.07, 6.45) is 1.89. The molecule has 1 aliphatic heterocycles. The van der Waals surface area contributed by atoms with Crippen molar-refractivity contribution in [3.8, 4) is 0 Å². The van der Waals surface area contributed by atoms with Gasteiger partial charge in [-0.15, -0.1) is 0 Å². The summed E-state index contributed by atoms with van der Waals surface area (Å²) in [6.45, 7) is 1.20. The summed E-state index contributed by atoms with van der Waals surface area (Å²) in [7, 11) is -3.56. The average Bonchev–Trinajstić information content (AvgIpc) is 3.68. The molecule has 2 aromatic carbocycles. The number of sulfonamides is 1. The lowest BCUT2D eigenvalue weighted by Crippen LogP contribution is -2.51. The van der Waals surface area contributed by atoms with Gasteiger partial charge in [-0.1, -0.05) is 42.1 Å². The van der Waals surface area contributed by atoms with Crippen LogP contribution >= 0.6 is 11.8 Å². The third-order valence-electron chi connectivity index (χ3n) is 5.98. The van der Waals surface area contributed by atoms with Gasteiger partial charge in [0.25, 0.3) is 5.56 Å². The second kappa shape index (κ2) is 8.92. The van der Waals surface area contributed by atoms with Crippen molar-refractivity contribution in [2.45, 2.75) is 28.9 Å². The molecule has 172 valence electrons. The lowest BCUT2D eigenvalue weighted by molar-refractivity contribution is -0.129. The Kier molecular flexibility index (Phi) is 5.98. The number of para-hydroxylation sites is 1. The summed E-state index contributed by atoms with van der Waals surface area (Å²) >= 11 is 1.28. The van der Waals surface area contributed by atoms with Crippen LogP contribution in [0, 0.1) is 0 Å². The van der Waals surface area contributed by atoms with E-state index in [4.69, 9.17) is 0 Å². The van der Waals surface area contributed by atoms with Gasteiger partial charge in [-0.05, 0) is 37.1 Å². The average molecular weight is 485 g/mol. The van der Waals surface area contributed by atoms with Crippen molar-refractivity contribution in [2.75, 3.05) is 31.9 Å². The van der Waals surface area contributed by atoms with Gasteiger partial charge in [0, 0.05) is 32.2 Å². The van der Waals surface area contributed by atoms with E-state index in [2.05, 4.69) is 4.98 Å². The zero-order valence-electron chi connectivity index (χ0n) is 18.0. The zero-order chi connectivity index (χ0) is 23.0. The summed E-state index contributed by atoms with van der Waals surface area (Å²) < 4.78 is 28.7. The molecule has 0 N–H and O–H groups in total. The Bertz CT molecular complexity index is 1350. The van der Waals surface area contributed by atoms with Gasteiger partial charge in [0.15, 0.2) is 5.16 Å². The molecule has 1 saturated heterocycles. The minimum atomic E-state index is -3.56. The van der Waals surface area contributed by atoms with E-state index in [1.165, 1.54) is 16.1 Å². The topological polar surface area (TPSA) is 92.6 Å². The smallest absolute Gasteiger partial charge is 0.262 e. The Morgan fingerprint density at radius 3 is 2.33 bits per heavy atom. The van der Waals surface area contributed by atoms with Crippen molar-refractivity contribution in [3.63, 3.8) is 0 Å². The summed E-state index contributed by atoms with van der Waals surface area (Å²) in [4.78, 5) is 32.5. The normalized spacial score (nSPS) is 17.4. The van der Waals surface area contributed by atoms with Crippen LogP contribution < -0.4 is 5.56 Å². The highest BCUT2D eigenvalue weighted by atomic mass is 32.2. The van der Waals surface area contributed by atoms with Gasteiger partial charge < -0.3 is 4.90 Å². The molecule has 0 spiro atoms. The van der Waals surface area contributed by atoms with Crippen LogP contribution in [0.15, 0.2) is 69.4 Å². The van der Waals surface area contributed by atoms with Crippen LogP contribution in [0.5, 0.6) is 0 Å². The van der Waals surface area contributed by atoms with E-state index in [9.17, 15) is 18.0 Å². The fraction of sp³-hybridized carbons (Fsp3) is 0.348. The number of carbonyl (C=O) groups is 1. The van der Waals surface area contributed by atoms with Gasteiger partial charge in [-0.3, -0.25) is 14.2 Å². The van der Waals surface area contributed by atoms with Gasteiger partial charge in [-0.2, -0.15) is 4.31 Å². The number of fused-ring (bicyclic) bond motifs is 1. The molecule has 0 unspecified atom stereocenters. The van der Waals surface area contributed by atoms with Gasteiger partial charge in [0.1, 0.15) is 0 Å². The first-order chi connectivity index (χ1) is 15.9. The molecule has 8 nitrogen and oxygen atoms in total. The van der Waals surface area contributed by atoms with Crippen molar-refractivity contribution in [3.05, 3.63) is 65.0 Å². The Morgan fingerprint density at radius 1 is 0.970 bits per heavy atom. The number of hydrogen-bond acceptors (Lipinski definition) is 6. The van der Waals surface area contributed by atoms with Gasteiger partial charge >= 0.3 is 0 Å². The first kappa shape index (κ1) is 22.1. The van der Waals surface area contributed by atoms with Crippen LogP contribution in [0.2, 0.25) is 0 Å². The molecule has 0 radical (unpaired) electrons. The maximum Gasteiger partial charge on any atom is 0.262 e. The Balaban J connectivity index is 1.25. The van der Waals surface area contributed by atoms with E-state index in [1.807, 2.05) is 18.2 Å². The molecule has 2 heterocycles. The summed E-state index contributed by atoms with van der Waals surface area (Å²) in [5.41, 5.74) is 0.576.